The molecule has 0 fully saturated rings. The molecule has 1 aromatic carbocycles. The maximum absolute atomic E-state index is 13.8. The summed E-state index contributed by atoms with van der Waals surface area (Å²) >= 11 is 0. The van der Waals surface area contributed by atoms with Gasteiger partial charge in [-0.05, 0) is 30.3 Å². The van der Waals surface area contributed by atoms with Crippen LogP contribution in [0.3, 0.4) is 0 Å². The van der Waals surface area contributed by atoms with Crippen molar-refractivity contribution in [3.8, 4) is 39.8 Å². The van der Waals surface area contributed by atoms with Crippen LogP contribution in [0, 0.1) is 5.82 Å². The molecule has 0 radical (unpaired) electrons. The molecule has 10 heteroatoms. The fraction of sp³-hybridized carbons (Fsp3) is 0. The summed E-state index contributed by atoms with van der Waals surface area (Å²) in [6, 6.07) is 9.29. The number of nitrogens with zero attached hydrogens (tertiary/aromatic N) is 6. The highest BCUT2D eigenvalue weighted by atomic mass is 19.1. The Bertz CT molecular complexity index is 1590. The van der Waals surface area contributed by atoms with E-state index in [1.165, 1.54) is 18.5 Å². The van der Waals surface area contributed by atoms with Gasteiger partial charge in [0, 0.05) is 35.8 Å². The fourth-order valence-electron chi connectivity index (χ4n) is 3.63. The van der Waals surface area contributed by atoms with Gasteiger partial charge in [-0.25, -0.2) is 24.3 Å². The molecule has 0 atom stereocenters. The van der Waals surface area contributed by atoms with E-state index in [-0.39, 0.29) is 5.75 Å². The molecule has 3 N–H and O–H groups in total. The maximum Gasteiger partial charge on any atom is 0.161 e. The number of aromatic hydroxyl groups is 1. The normalized spacial score (nSPS) is 11.4. The summed E-state index contributed by atoms with van der Waals surface area (Å²) in [6.07, 6.45) is 6.43. The molecule has 5 aromatic heterocycles. The van der Waals surface area contributed by atoms with E-state index in [2.05, 4.69) is 35.1 Å². The van der Waals surface area contributed by atoms with Crippen molar-refractivity contribution < 1.29 is 9.50 Å². The van der Waals surface area contributed by atoms with Gasteiger partial charge in [-0.2, -0.15) is 5.10 Å². The number of halogens is 1. The molecule has 0 amide bonds. The van der Waals surface area contributed by atoms with Crippen LogP contribution in [0.15, 0.2) is 61.3 Å². The van der Waals surface area contributed by atoms with Crippen LogP contribution in [0.4, 0.5) is 4.39 Å². The Morgan fingerprint density at radius 3 is 2.53 bits per heavy atom. The fourth-order valence-corrected chi connectivity index (χ4v) is 3.63. The minimum atomic E-state index is -0.561. The number of nitrogens with one attached hydrogen (secondary N) is 2. The molecule has 0 spiro atoms. The summed E-state index contributed by atoms with van der Waals surface area (Å²) in [7, 11) is 0. The largest absolute Gasteiger partial charge is 0.508 e. The Morgan fingerprint density at radius 2 is 1.69 bits per heavy atom. The summed E-state index contributed by atoms with van der Waals surface area (Å²) in [5, 5.41) is 17.2. The van der Waals surface area contributed by atoms with E-state index < -0.39 is 5.82 Å². The number of benzene rings is 1. The standard InChI is InChI=1S/C22H13FN8O/c23-13-5-11(6-14(32)7-13)18-19-16(3-4-26-18)28-22(29-19)21-20-17(30-31-21)2-1-15(27-20)12-8-24-10-25-9-12/h1-10,32H,(H,28,29)(H,30,31). The first-order valence-electron chi connectivity index (χ1n) is 9.61. The number of rotatable bonds is 3. The van der Waals surface area contributed by atoms with Gasteiger partial charge in [0.2, 0.25) is 0 Å². The van der Waals surface area contributed by atoms with Crippen LogP contribution in [-0.2, 0) is 0 Å². The van der Waals surface area contributed by atoms with Crippen LogP contribution in [0.5, 0.6) is 5.75 Å². The maximum atomic E-state index is 13.8. The van der Waals surface area contributed by atoms with Gasteiger partial charge >= 0.3 is 0 Å². The minimum Gasteiger partial charge on any atom is -0.508 e. The van der Waals surface area contributed by atoms with Gasteiger partial charge in [-0.3, -0.25) is 10.1 Å². The quantitative estimate of drug-likeness (QED) is 0.393. The molecule has 154 valence electrons. The van der Waals surface area contributed by atoms with Crippen LogP contribution in [0.2, 0.25) is 0 Å². The van der Waals surface area contributed by atoms with Gasteiger partial charge in [0.25, 0.3) is 0 Å². The molecule has 32 heavy (non-hydrogen) atoms. The second-order valence-corrected chi connectivity index (χ2v) is 7.13. The van der Waals surface area contributed by atoms with Gasteiger partial charge < -0.3 is 10.1 Å². The molecular weight excluding hydrogens is 411 g/mol. The van der Waals surface area contributed by atoms with Crippen molar-refractivity contribution in [2.45, 2.75) is 0 Å². The van der Waals surface area contributed by atoms with E-state index in [1.54, 1.807) is 24.7 Å². The molecule has 0 unspecified atom stereocenters. The van der Waals surface area contributed by atoms with Crippen LogP contribution in [0.1, 0.15) is 0 Å². The Labute approximate surface area is 179 Å². The van der Waals surface area contributed by atoms with Crippen LogP contribution in [0.25, 0.3) is 56.1 Å². The number of phenols is 1. The van der Waals surface area contributed by atoms with Crippen LogP contribution < -0.4 is 0 Å². The number of pyridine rings is 2. The zero-order valence-corrected chi connectivity index (χ0v) is 16.3. The predicted octanol–water partition coefficient (Wildman–Crippen LogP) is 3.86. The topological polar surface area (TPSA) is 129 Å². The lowest BCUT2D eigenvalue weighted by molar-refractivity contribution is 0.469. The molecule has 0 saturated heterocycles. The monoisotopic (exact) mass is 424 g/mol. The molecule has 0 aliphatic rings. The summed E-state index contributed by atoms with van der Waals surface area (Å²) in [6.45, 7) is 0. The van der Waals surface area contributed by atoms with Crippen molar-refractivity contribution in [1.82, 2.24) is 40.1 Å². The third-order valence-corrected chi connectivity index (χ3v) is 5.05. The Hall–Kier alpha value is -4.73. The zero-order chi connectivity index (χ0) is 21.7. The Morgan fingerprint density at radius 1 is 0.844 bits per heavy atom. The van der Waals surface area contributed by atoms with Gasteiger partial charge in [0.1, 0.15) is 28.9 Å². The second kappa shape index (κ2) is 6.91. The number of phenolic OH excluding ortho intramolecular Hbond substituents is 1. The van der Waals surface area contributed by atoms with E-state index in [4.69, 9.17) is 4.98 Å². The molecule has 6 aromatic rings. The number of hydrogen-bond donors (Lipinski definition) is 3. The van der Waals surface area contributed by atoms with Gasteiger partial charge in [0.15, 0.2) is 11.5 Å². The van der Waals surface area contributed by atoms with E-state index in [0.717, 1.165) is 17.1 Å². The predicted molar refractivity (Wildman–Crippen MR) is 115 cm³/mol. The lowest BCUT2D eigenvalue weighted by atomic mass is 10.1. The highest BCUT2D eigenvalue weighted by Gasteiger charge is 2.18. The van der Waals surface area contributed by atoms with Crippen molar-refractivity contribution in [3.05, 3.63) is 67.1 Å². The molecule has 0 aliphatic heterocycles. The van der Waals surface area contributed by atoms with E-state index in [1.807, 2.05) is 12.1 Å². The van der Waals surface area contributed by atoms with E-state index in [9.17, 15) is 9.50 Å². The smallest absolute Gasteiger partial charge is 0.161 e. The average molecular weight is 424 g/mol. The number of fused-ring (bicyclic) bond motifs is 2. The molecule has 6 rings (SSSR count). The first-order chi connectivity index (χ1) is 15.7. The first kappa shape index (κ1) is 18.1. The summed E-state index contributed by atoms with van der Waals surface area (Å²) < 4.78 is 13.8. The molecule has 0 aliphatic carbocycles. The zero-order valence-electron chi connectivity index (χ0n) is 16.3. The summed E-state index contributed by atoms with van der Waals surface area (Å²) in [5.74, 6) is -0.265. The number of imidazole rings is 1. The minimum absolute atomic E-state index is 0.186. The highest BCUT2D eigenvalue weighted by Crippen LogP contribution is 2.32. The van der Waals surface area contributed by atoms with Crippen molar-refractivity contribution >= 4 is 22.1 Å². The van der Waals surface area contributed by atoms with Crippen molar-refractivity contribution in [2.24, 2.45) is 0 Å². The average Bonchev–Trinajstić information content (AvgIpc) is 3.42. The lowest BCUT2D eigenvalue weighted by Crippen LogP contribution is -1.88. The third-order valence-electron chi connectivity index (χ3n) is 5.05. The molecule has 5 heterocycles. The van der Waals surface area contributed by atoms with Gasteiger partial charge in [-0.1, -0.05) is 0 Å². The number of aromatic nitrogens is 8. The third kappa shape index (κ3) is 2.93. The Kier molecular flexibility index (Phi) is 3.90. The summed E-state index contributed by atoms with van der Waals surface area (Å²) in [5.41, 5.74) is 5.46. The lowest BCUT2D eigenvalue weighted by Gasteiger charge is -2.03. The number of aromatic amines is 2. The summed E-state index contributed by atoms with van der Waals surface area (Å²) in [4.78, 5) is 25.1. The SMILES string of the molecule is Oc1cc(F)cc(-c2nccc3[nH]c(-c4n[nH]c5ccc(-c6cncnc6)nc45)nc23)c1. The van der Waals surface area contributed by atoms with E-state index in [0.29, 0.717) is 45.0 Å². The van der Waals surface area contributed by atoms with Crippen molar-refractivity contribution in [1.29, 1.82) is 0 Å². The number of H-pyrrole nitrogens is 2. The van der Waals surface area contributed by atoms with Gasteiger partial charge in [-0.15, -0.1) is 0 Å². The molecule has 9 nitrogen and oxygen atoms in total. The molecule has 0 saturated carbocycles. The van der Waals surface area contributed by atoms with Crippen molar-refractivity contribution in [3.63, 3.8) is 0 Å². The van der Waals surface area contributed by atoms with Crippen LogP contribution in [-0.4, -0.2) is 45.2 Å². The highest BCUT2D eigenvalue weighted by molar-refractivity contribution is 5.95. The Balaban J connectivity index is 1.52. The van der Waals surface area contributed by atoms with Crippen LogP contribution >= 0.6 is 0 Å². The van der Waals surface area contributed by atoms with Crippen molar-refractivity contribution in [2.75, 3.05) is 0 Å². The first-order valence-corrected chi connectivity index (χ1v) is 9.61. The van der Waals surface area contributed by atoms with E-state index >= 15 is 0 Å². The van der Waals surface area contributed by atoms with Gasteiger partial charge in [0.05, 0.1) is 22.4 Å². The molecular formula is C22H13FN8O. The number of hydrogen-bond acceptors (Lipinski definition) is 7. The second-order valence-electron chi connectivity index (χ2n) is 7.13. The molecule has 0 bridgehead atoms.